The van der Waals surface area contributed by atoms with E-state index in [2.05, 4.69) is 76.5 Å². The zero-order chi connectivity index (χ0) is 38.1. The van der Waals surface area contributed by atoms with Crippen LogP contribution in [0.5, 0.6) is 11.5 Å². The van der Waals surface area contributed by atoms with E-state index in [-0.39, 0.29) is 0 Å². The van der Waals surface area contributed by atoms with Gasteiger partial charge in [0.05, 0.1) is 85.7 Å². The fraction of sp³-hybridized carbons (Fsp3) is 0.318. The largest absolute Gasteiger partial charge is 0.493 e. The molecule has 0 fully saturated rings. The van der Waals surface area contributed by atoms with Gasteiger partial charge >= 0.3 is 0 Å². The number of hydrogen-bond donors (Lipinski definition) is 2. The number of allylic oxidation sites excluding steroid dienone is 3. The third-order valence-electron chi connectivity index (χ3n) is 9.67. The van der Waals surface area contributed by atoms with Crippen LogP contribution >= 0.6 is 23.2 Å². The summed E-state index contributed by atoms with van der Waals surface area (Å²) in [7, 11) is 13.1. The molecule has 2 aromatic carbocycles. The average Bonchev–Trinajstić information content (AvgIpc) is 3.94. The number of alkyl halides is 2. The molecule has 8 nitrogen and oxygen atoms in total. The second-order valence-corrected chi connectivity index (χ2v) is 17.4. The van der Waals surface area contributed by atoms with Crippen molar-refractivity contribution in [2.24, 2.45) is 9.98 Å². The predicted molar refractivity (Wildman–Crippen MR) is 223 cm³/mol. The molecule has 2 atom stereocenters. The van der Waals surface area contributed by atoms with Crippen molar-refractivity contribution in [3.63, 3.8) is 0 Å². The van der Waals surface area contributed by atoms with Crippen LogP contribution in [0.25, 0.3) is 17.7 Å². The van der Waals surface area contributed by atoms with Gasteiger partial charge in [0.1, 0.15) is 11.5 Å². The minimum atomic E-state index is -1.35. The van der Waals surface area contributed by atoms with Gasteiger partial charge < -0.3 is 28.4 Å². The van der Waals surface area contributed by atoms with Crippen LogP contribution in [0, 0.1) is 0 Å². The lowest BCUT2D eigenvalue weighted by atomic mass is 9.87. The van der Waals surface area contributed by atoms with Crippen LogP contribution in [0.1, 0.15) is 35.4 Å². The van der Waals surface area contributed by atoms with E-state index in [1.54, 1.807) is 0 Å². The Bertz CT molecular complexity index is 2320. The molecule has 0 saturated heterocycles. The Morgan fingerprint density at radius 1 is 0.722 bits per heavy atom. The highest BCUT2D eigenvalue weighted by Gasteiger charge is 2.53. The van der Waals surface area contributed by atoms with E-state index in [9.17, 15) is 0 Å². The van der Waals surface area contributed by atoms with Crippen LogP contribution in [0.4, 0.5) is 0 Å². The second-order valence-electron chi connectivity index (χ2n) is 16.3. The number of benzene rings is 2. The summed E-state index contributed by atoms with van der Waals surface area (Å²) in [5.41, 5.74) is 6.63. The number of nitrogens with zero attached hydrogens (tertiary/aromatic N) is 4. The first-order chi connectivity index (χ1) is 25.7. The minimum absolute atomic E-state index is 0.599. The molecule has 10 heteroatoms. The molecule has 5 heterocycles. The van der Waals surface area contributed by atoms with Crippen LogP contribution < -0.4 is 20.2 Å². The number of rotatable bonds is 12. The summed E-state index contributed by atoms with van der Waals surface area (Å²) in [5, 5.41) is 1.79. The molecule has 0 spiro atoms. The van der Waals surface area contributed by atoms with Crippen LogP contribution in [0.3, 0.4) is 0 Å². The van der Waals surface area contributed by atoms with Gasteiger partial charge in [-0.3, -0.25) is 4.99 Å². The first-order valence-corrected chi connectivity index (χ1v) is 19.3. The van der Waals surface area contributed by atoms with Crippen molar-refractivity contribution in [1.82, 2.24) is 9.97 Å². The van der Waals surface area contributed by atoms with Crippen molar-refractivity contribution in [2.75, 3.05) is 68.6 Å². The molecule has 0 amide bonds. The van der Waals surface area contributed by atoms with Gasteiger partial charge in [-0.2, -0.15) is 0 Å². The molecule has 2 unspecified atom stereocenters. The average molecular weight is 766 g/mol. The van der Waals surface area contributed by atoms with Crippen LogP contribution in [-0.2, 0) is 4.87 Å². The van der Waals surface area contributed by atoms with Crippen molar-refractivity contribution < 1.29 is 18.4 Å². The van der Waals surface area contributed by atoms with Gasteiger partial charge in [-0.05, 0) is 96.1 Å². The van der Waals surface area contributed by atoms with E-state index in [1.807, 2.05) is 85.0 Å². The SMILES string of the molecule is C[N+](C)(C)CCCOc1cccc(C2=c3ccc([nH]3)=CC3=NC(Cl)(C=C3)C(Cl)(c3cccc(OCCC[N+](C)(C)C)c3)c3ccc([nH]3)C=C3C=CC2=N3)c1. The van der Waals surface area contributed by atoms with Crippen LogP contribution in [0.15, 0.2) is 113 Å². The van der Waals surface area contributed by atoms with Crippen LogP contribution in [-0.4, -0.2) is 104 Å². The normalized spacial score (nSPS) is 20.7. The number of H-pyrrole nitrogens is 2. The summed E-state index contributed by atoms with van der Waals surface area (Å²) in [6, 6.07) is 24.2. The number of ether oxygens (including phenoxy) is 2. The minimum Gasteiger partial charge on any atom is -0.493 e. The standard InChI is InChI=1S/C44H50Cl2N6O2/c1-51(2,3)23-9-25-53-37-13-7-11-31(27-37)42-39-18-15-33(47-39)29-35-17-20-41(49-35)44(46,32-12-8-14-38(28-32)54-26-10-24-52(4,5)6)43(45)22-21-36(50-43)30-34-16-19-40(42)48-34/h7-8,11-22,27-30,48-49H,9-10,23-26H2,1-6H3/q+2. The Balaban J connectivity index is 1.28. The predicted octanol–water partition coefficient (Wildman–Crippen LogP) is 6.77. The van der Waals surface area contributed by atoms with Crippen LogP contribution in [0.2, 0.25) is 0 Å². The lowest BCUT2D eigenvalue weighted by Crippen LogP contribution is -2.41. The summed E-state index contributed by atoms with van der Waals surface area (Å²) in [6.07, 6.45) is 13.8. The quantitative estimate of drug-likeness (QED) is 0.0724. The highest BCUT2D eigenvalue weighted by atomic mass is 35.5. The molecule has 8 bridgehead atoms. The van der Waals surface area contributed by atoms with Gasteiger partial charge in [0.15, 0.2) is 9.87 Å². The second kappa shape index (κ2) is 14.9. The van der Waals surface area contributed by atoms with Crippen molar-refractivity contribution in [2.45, 2.75) is 22.7 Å². The third-order valence-corrected chi connectivity index (χ3v) is 11.0. The summed E-state index contributed by atoms with van der Waals surface area (Å²) in [5.74, 6) is 1.56. The van der Waals surface area contributed by atoms with E-state index in [0.717, 1.165) is 90.9 Å². The maximum Gasteiger partial charge on any atom is 0.181 e. The number of aliphatic imine (C=N–C) groups is 2. The highest BCUT2D eigenvalue weighted by Crippen LogP contribution is 2.52. The molecule has 7 rings (SSSR count). The first-order valence-electron chi connectivity index (χ1n) is 18.5. The smallest absolute Gasteiger partial charge is 0.181 e. The van der Waals surface area contributed by atoms with Gasteiger partial charge in [0, 0.05) is 40.5 Å². The molecule has 3 aliphatic heterocycles. The Labute approximate surface area is 328 Å². The fourth-order valence-corrected chi connectivity index (χ4v) is 7.68. The zero-order valence-corrected chi connectivity index (χ0v) is 33.5. The molecule has 4 aromatic rings. The zero-order valence-electron chi connectivity index (χ0n) is 32.0. The molecule has 2 aromatic heterocycles. The molecular weight excluding hydrogens is 715 g/mol. The number of quaternary nitrogens is 2. The topological polar surface area (TPSA) is 74.8 Å². The highest BCUT2D eigenvalue weighted by molar-refractivity contribution is 6.39. The van der Waals surface area contributed by atoms with Gasteiger partial charge in [0.2, 0.25) is 0 Å². The monoisotopic (exact) mass is 764 g/mol. The van der Waals surface area contributed by atoms with E-state index >= 15 is 0 Å². The van der Waals surface area contributed by atoms with E-state index in [1.165, 1.54) is 0 Å². The van der Waals surface area contributed by atoms with E-state index in [4.69, 9.17) is 42.7 Å². The molecule has 54 heavy (non-hydrogen) atoms. The number of fused-ring (bicyclic) bond motifs is 6. The summed E-state index contributed by atoms with van der Waals surface area (Å²) < 4.78 is 14.2. The van der Waals surface area contributed by atoms with E-state index in [0.29, 0.717) is 24.6 Å². The van der Waals surface area contributed by atoms with E-state index < -0.39 is 9.87 Å². The maximum atomic E-state index is 7.82. The molecule has 0 saturated carbocycles. The fourth-order valence-electron chi connectivity index (χ4n) is 6.97. The van der Waals surface area contributed by atoms with Crippen molar-refractivity contribution in [3.8, 4) is 11.5 Å². The molecule has 0 radical (unpaired) electrons. The van der Waals surface area contributed by atoms with Gasteiger partial charge in [-0.25, -0.2) is 4.99 Å². The Morgan fingerprint density at radius 2 is 1.43 bits per heavy atom. The molecular formula is C44H50Cl2N6O2+2. The lowest BCUT2D eigenvalue weighted by molar-refractivity contribution is -0.870. The van der Waals surface area contributed by atoms with Gasteiger partial charge in [-0.1, -0.05) is 35.9 Å². The molecule has 280 valence electrons. The first kappa shape index (κ1) is 37.7. The third kappa shape index (κ3) is 8.37. The molecule has 0 aliphatic carbocycles. The number of hydrogen-bond acceptors (Lipinski definition) is 4. The summed E-state index contributed by atoms with van der Waals surface area (Å²) in [6.45, 7) is 3.29. The summed E-state index contributed by atoms with van der Waals surface area (Å²) in [4.78, 5) is 14.7. The Morgan fingerprint density at radius 3 is 2.15 bits per heavy atom. The maximum absolute atomic E-state index is 7.82. The van der Waals surface area contributed by atoms with Crippen molar-refractivity contribution in [3.05, 3.63) is 136 Å². The number of aromatic amines is 2. The Hall–Kier alpha value is -4.60. The molecule has 3 aliphatic rings. The number of nitrogens with one attached hydrogen (secondary N) is 2. The summed E-state index contributed by atoms with van der Waals surface area (Å²) >= 11 is 15.4. The lowest BCUT2D eigenvalue weighted by Gasteiger charge is -2.37. The number of halogens is 2. The van der Waals surface area contributed by atoms with Crippen molar-refractivity contribution in [1.29, 1.82) is 0 Å². The van der Waals surface area contributed by atoms with Crippen molar-refractivity contribution >= 4 is 52.4 Å². The molecule has 2 N–H and O–H groups in total. The number of aromatic nitrogens is 2. The van der Waals surface area contributed by atoms with Gasteiger partial charge in [0.25, 0.3) is 0 Å². The Kier molecular flexibility index (Phi) is 10.4. The van der Waals surface area contributed by atoms with Gasteiger partial charge in [-0.15, -0.1) is 11.6 Å².